The predicted molar refractivity (Wildman–Crippen MR) is 94.6 cm³/mol. The van der Waals surface area contributed by atoms with E-state index in [9.17, 15) is 22.9 Å². The van der Waals surface area contributed by atoms with Crippen LogP contribution in [0.3, 0.4) is 0 Å². The molecule has 0 N–H and O–H groups in total. The monoisotopic (exact) mass is 378 g/mol. The molecule has 1 saturated heterocycles. The van der Waals surface area contributed by atoms with E-state index in [1.165, 1.54) is 40.7 Å². The molecule has 0 spiro atoms. The smallest absolute Gasteiger partial charge is 0.258 e. The van der Waals surface area contributed by atoms with Gasteiger partial charge in [-0.15, -0.1) is 0 Å². The minimum absolute atomic E-state index is 0.246. The Bertz CT molecular complexity index is 917. The van der Waals surface area contributed by atoms with Gasteiger partial charge in [0.25, 0.3) is 5.69 Å². The molecule has 0 aromatic heterocycles. The SMILES string of the molecule is O=[N+]([O-])c1ccccc1S(=O)(=O)N1CCCCCC1c1cccc(F)c1. The Morgan fingerprint density at radius 3 is 2.58 bits per heavy atom. The molecule has 0 aliphatic carbocycles. The fourth-order valence-corrected chi connectivity index (χ4v) is 5.21. The van der Waals surface area contributed by atoms with Gasteiger partial charge in [0.15, 0.2) is 4.90 Å². The van der Waals surface area contributed by atoms with Crippen molar-refractivity contribution in [2.45, 2.75) is 36.6 Å². The van der Waals surface area contributed by atoms with E-state index in [1.807, 2.05) is 0 Å². The molecule has 1 unspecified atom stereocenters. The zero-order chi connectivity index (χ0) is 18.7. The Kier molecular flexibility index (Phi) is 5.33. The average Bonchev–Trinajstić information content (AvgIpc) is 2.88. The van der Waals surface area contributed by atoms with Crippen molar-refractivity contribution in [3.05, 3.63) is 70.0 Å². The molecule has 2 aromatic rings. The molecule has 0 bridgehead atoms. The molecule has 1 heterocycles. The number of sulfonamides is 1. The van der Waals surface area contributed by atoms with Gasteiger partial charge in [-0.2, -0.15) is 4.31 Å². The summed E-state index contributed by atoms with van der Waals surface area (Å²) in [6, 6.07) is 10.7. The van der Waals surface area contributed by atoms with Crippen molar-refractivity contribution in [2.75, 3.05) is 6.54 Å². The van der Waals surface area contributed by atoms with E-state index in [4.69, 9.17) is 0 Å². The average molecular weight is 378 g/mol. The lowest BCUT2D eigenvalue weighted by Gasteiger charge is -2.29. The molecule has 138 valence electrons. The maximum Gasteiger partial charge on any atom is 0.289 e. The summed E-state index contributed by atoms with van der Waals surface area (Å²) in [6.07, 6.45) is 2.87. The zero-order valence-corrected chi connectivity index (χ0v) is 14.9. The molecular formula is C18H19FN2O4S. The van der Waals surface area contributed by atoms with Crippen molar-refractivity contribution in [3.63, 3.8) is 0 Å². The highest BCUT2D eigenvalue weighted by Gasteiger charge is 2.37. The highest BCUT2D eigenvalue weighted by atomic mass is 32.2. The summed E-state index contributed by atoms with van der Waals surface area (Å²) in [4.78, 5) is 10.3. The van der Waals surface area contributed by atoms with Crippen LogP contribution in [0.15, 0.2) is 53.4 Å². The summed E-state index contributed by atoms with van der Waals surface area (Å²) in [5, 5.41) is 11.3. The van der Waals surface area contributed by atoms with Gasteiger partial charge >= 0.3 is 0 Å². The zero-order valence-electron chi connectivity index (χ0n) is 14.0. The van der Waals surface area contributed by atoms with Crippen LogP contribution in [0.25, 0.3) is 0 Å². The number of nitrogens with zero attached hydrogens (tertiary/aromatic N) is 2. The maximum absolute atomic E-state index is 13.7. The van der Waals surface area contributed by atoms with Crippen LogP contribution < -0.4 is 0 Å². The fourth-order valence-electron chi connectivity index (χ4n) is 3.37. The summed E-state index contributed by atoms with van der Waals surface area (Å²) in [5.74, 6) is -0.435. The molecule has 1 atom stereocenters. The van der Waals surface area contributed by atoms with Gasteiger partial charge in [-0.1, -0.05) is 37.1 Å². The Balaban J connectivity index is 2.10. The molecule has 0 radical (unpaired) electrons. The van der Waals surface area contributed by atoms with Crippen LogP contribution in [0.5, 0.6) is 0 Å². The van der Waals surface area contributed by atoms with Crippen molar-refractivity contribution in [1.82, 2.24) is 4.31 Å². The van der Waals surface area contributed by atoms with Crippen molar-refractivity contribution < 1.29 is 17.7 Å². The first-order chi connectivity index (χ1) is 12.4. The first kappa shape index (κ1) is 18.5. The molecule has 8 heteroatoms. The first-order valence-electron chi connectivity index (χ1n) is 8.42. The molecule has 6 nitrogen and oxygen atoms in total. The summed E-state index contributed by atoms with van der Waals surface area (Å²) in [5.41, 5.74) is 0.115. The topological polar surface area (TPSA) is 80.5 Å². The molecule has 3 rings (SSSR count). The lowest BCUT2D eigenvalue weighted by Crippen LogP contribution is -2.35. The van der Waals surface area contributed by atoms with E-state index >= 15 is 0 Å². The number of nitro groups is 1. The molecule has 1 aliphatic rings. The molecular weight excluding hydrogens is 359 g/mol. The number of hydrogen-bond acceptors (Lipinski definition) is 4. The minimum atomic E-state index is -4.10. The molecule has 26 heavy (non-hydrogen) atoms. The minimum Gasteiger partial charge on any atom is -0.258 e. The number of hydrogen-bond donors (Lipinski definition) is 0. The van der Waals surface area contributed by atoms with Gasteiger partial charge in [0, 0.05) is 12.6 Å². The van der Waals surface area contributed by atoms with Crippen molar-refractivity contribution >= 4 is 15.7 Å². The fraction of sp³-hybridized carbons (Fsp3) is 0.333. The van der Waals surface area contributed by atoms with Gasteiger partial charge in [-0.3, -0.25) is 10.1 Å². The lowest BCUT2D eigenvalue weighted by atomic mass is 10.0. The number of nitro benzene ring substituents is 1. The second kappa shape index (κ2) is 7.51. The van der Waals surface area contributed by atoms with Gasteiger partial charge in [0.05, 0.1) is 11.0 Å². The summed E-state index contributed by atoms with van der Waals surface area (Å²) < 4.78 is 41.5. The predicted octanol–water partition coefficient (Wildman–Crippen LogP) is 4.04. The second-order valence-corrected chi connectivity index (χ2v) is 8.12. The number of benzene rings is 2. The number of para-hydroxylation sites is 1. The number of halogens is 1. The third-order valence-electron chi connectivity index (χ3n) is 4.59. The molecule has 0 amide bonds. The van der Waals surface area contributed by atoms with Crippen LogP contribution in [-0.2, 0) is 10.0 Å². The molecule has 1 fully saturated rings. The van der Waals surface area contributed by atoms with Crippen LogP contribution in [-0.4, -0.2) is 24.2 Å². The van der Waals surface area contributed by atoms with Gasteiger partial charge in [-0.05, 0) is 36.6 Å². The van der Waals surface area contributed by atoms with Gasteiger partial charge < -0.3 is 0 Å². The Morgan fingerprint density at radius 1 is 1.08 bits per heavy atom. The second-order valence-electron chi connectivity index (χ2n) is 6.26. The maximum atomic E-state index is 13.7. The van der Waals surface area contributed by atoms with Gasteiger partial charge in [0.1, 0.15) is 5.82 Å². The van der Waals surface area contributed by atoms with Crippen LogP contribution in [0.4, 0.5) is 10.1 Å². The van der Waals surface area contributed by atoms with E-state index in [1.54, 1.807) is 12.1 Å². The van der Waals surface area contributed by atoms with Crippen LogP contribution >= 0.6 is 0 Å². The summed E-state index contributed by atoms with van der Waals surface area (Å²) in [6.45, 7) is 0.246. The van der Waals surface area contributed by atoms with Gasteiger partial charge in [-0.25, -0.2) is 12.8 Å². The van der Waals surface area contributed by atoms with Crippen molar-refractivity contribution in [3.8, 4) is 0 Å². The lowest BCUT2D eigenvalue weighted by molar-refractivity contribution is -0.387. The molecule has 2 aromatic carbocycles. The highest BCUT2D eigenvalue weighted by molar-refractivity contribution is 7.89. The van der Waals surface area contributed by atoms with Crippen LogP contribution in [0.2, 0.25) is 0 Å². The molecule has 0 saturated carbocycles. The quantitative estimate of drug-likeness (QED) is 0.594. The van der Waals surface area contributed by atoms with E-state index < -0.39 is 32.5 Å². The third kappa shape index (κ3) is 3.61. The highest BCUT2D eigenvalue weighted by Crippen LogP contribution is 2.37. The first-order valence-corrected chi connectivity index (χ1v) is 9.86. The van der Waals surface area contributed by atoms with Crippen LogP contribution in [0.1, 0.15) is 37.3 Å². The third-order valence-corrected chi connectivity index (χ3v) is 6.54. The molecule has 1 aliphatic heterocycles. The van der Waals surface area contributed by atoms with Gasteiger partial charge in [0.2, 0.25) is 10.0 Å². The van der Waals surface area contributed by atoms with Crippen molar-refractivity contribution in [2.24, 2.45) is 0 Å². The van der Waals surface area contributed by atoms with Crippen molar-refractivity contribution in [1.29, 1.82) is 0 Å². The summed E-state index contributed by atoms with van der Waals surface area (Å²) in [7, 11) is -4.10. The normalized spacial score (nSPS) is 19.0. The van der Waals surface area contributed by atoms with E-state index in [-0.39, 0.29) is 11.4 Å². The van der Waals surface area contributed by atoms with E-state index in [0.717, 1.165) is 12.8 Å². The summed E-state index contributed by atoms with van der Waals surface area (Å²) >= 11 is 0. The van der Waals surface area contributed by atoms with E-state index in [0.29, 0.717) is 18.4 Å². The van der Waals surface area contributed by atoms with E-state index in [2.05, 4.69) is 0 Å². The Morgan fingerprint density at radius 2 is 1.85 bits per heavy atom. The number of rotatable bonds is 4. The largest absolute Gasteiger partial charge is 0.289 e. The Hall–Kier alpha value is -2.32. The standard InChI is InChI=1S/C18H19FN2O4S/c19-15-8-6-7-14(13-15)16-9-2-1-5-12-20(16)26(24,25)18-11-4-3-10-17(18)21(22)23/h3-4,6-8,10-11,13,16H,1-2,5,9,12H2. The van der Waals surface area contributed by atoms with Crippen LogP contribution in [0, 0.1) is 15.9 Å². The Labute approximate surface area is 151 Å².